The lowest BCUT2D eigenvalue weighted by Crippen LogP contribution is -1.95. The molecule has 0 saturated carbocycles. The van der Waals surface area contributed by atoms with Gasteiger partial charge in [0.05, 0.1) is 22.2 Å². The smallest absolute Gasteiger partial charge is 0.0788 e. The summed E-state index contributed by atoms with van der Waals surface area (Å²) in [5.74, 6) is 0. The predicted octanol–water partition coefficient (Wildman–Crippen LogP) is 14.9. The maximum Gasteiger partial charge on any atom is 0.0788 e. The number of aromatic nitrogens is 2. The number of hydrogen-bond donors (Lipinski definition) is 0. The summed E-state index contributed by atoms with van der Waals surface area (Å²) in [6.45, 7) is 0. The molecule has 10 aromatic carbocycles. The molecule has 0 spiro atoms. The Balaban J connectivity index is 1.08. The van der Waals surface area contributed by atoms with Gasteiger partial charge in [0.25, 0.3) is 0 Å². The molecule has 0 aliphatic heterocycles. The van der Waals surface area contributed by atoms with E-state index in [4.69, 9.17) is 4.98 Å². The van der Waals surface area contributed by atoms with Crippen molar-refractivity contribution >= 4 is 75.8 Å². The van der Waals surface area contributed by atoms with Crippen molar-refractivity contribution in [2.24, 2.45) is 0 Å². The fourth-order valence-electron chi connectivity index (χ4n) is 9.47. The Bertz CT molecular complexity index is 3500. The minimum Gasteiger partial charge on any atom is -0.309 e. The minimum atomic E-state index is 1.00. The topological polar surface area (TPSA) is 17.8 Å². The van der Waals surface area contributed by atoms with Crippen molar-refractivity contribution in [3.63, 3.8) is 0 Å². The standard InChI is InChI=1S/C55H34N2/c1-2-15-37(16-3-1)55-47-32-33-50-54(53(47)45-22-10-12-24-48(45)56-55)46-23-11-13-25-49(46)57(50)40-30-28-36(29-31-40)51-41-18-6-8-20-43(41)52(44-21-9-7-19-42(44)51)39-27-26-35-14-4-5-17-38(35)34-39/h1-34H. The lowest BCUT2D eigenvalue weighted by molar-refractivity contribution is 1.18. The summed E-state index contributed by atoms with van der Waals surface area (Å²) < 4.78 is 2.43. The molecule has 0 radical (unpaired) electrons. The van der Waals surface area contributed by atoms with Gasteiger partial charge in [0.2, 0.25) is 0 Å². The van der Waals surface area contributed by atoms with Gasteiger partial charge >= 0.3 is 0 Å². The molecule has 0 bridgehead atoms. The molecular weight excluding hydrogens is 689 g/mol. The molecule has 2 heteroatoms. The van der Waals surface area contributed by atoms with Gasteiger partial charge in [-0.2, -0.15) is 0 Å². The number of para-hydroxylation sites is 2. The van der Waals surface area contributed by atoms with Gasteiger partial charge in [-0.3, -0.25) is 0 Å². The maximum atomic E-state index is 5.23. The SMILES string of the molecule is c1ccc(-c2nc3ccccc3c3c2ccc2c3c3ccccc3n2-c2ccc(-c3c4ccccc4c(-c4ccc5ccccc5c4)c4ccccc34)cc2)cc1. The first-order valence-corrected chi connectivity index (χ1v) is 19.6. The minimum absolute atomic E-state index is 1.00. The first kappa shape index (κ1) is 31.8. The van der Waals surface area contributed by atoms with E-state index in [1.54, 1.807) is 0 Å². The van der Waals surface area contributed by atoms with Gasteiger partial charge in [0.1, 0.15) is 0 Å². The molecule has 0 saturated heterocycles. The Morgan fingerprint density at radius 1 is 0.316 bits per heavy atom. The van der Waals surface area contributed by atoms with Gasteiger partial charge < -0.3 is 4.57 Å². The first-order chi connectivity index (χ1) is 28.3. The highest BCUT2D eigenvalue weighted by Gasteiger charge is 2.21. The Morgan fingerprint density at radius 2 is 0.877 bits per heavy atom. The van der Waals surface area contributed by atoms with E-state index in [1.165, 1.54) is 87.1 Å². The first-order valence-electron chi connectivity index (χ1n) is 19.6. The van der Waals surface area contributed by atoms with Crippen LogP contribution in [0.5, 0.6) is 0 Å². The van der Waals surface area contributed by atoms with Crippen LogP contribution in [0, 0.1) is 0 Å². The normalized spacial score (nSPS) is 11.9. The summed E-state index contributed by atoms with van der Waals surface area (Å²) in [7, 11) is 0. The fourth-order valence-corrected chi connectivity index (χ4v) is 9.47. The number of nitrogens with zero attached hydrogens (tertiary/aromatic N) is 2. The van der Waals surface area contributed by atoms with Crippen LogP contribution in [0.1, 0.15) is 0 Å². The zero-order valence-corrected chi connectivity index (χ0v) is 31.0. The summed E-state index contributed by atoms with van der Waals surface area (Å²) in [5, 5.41) is 13.6. The lowest BCUT2D eigenvalue weighted by atomic mass is 9.85. The summed E-state index contributed by atoms with van der Waals surface area (Å²) in [6, 6.07) is 75.1. The van der Waals surface area contributed by atoms with Crippen LogP contribution >= 0.6 is 0 Å². The highest BCUT2D eigenvalue weighted by Crippen LogP contribution is 2.46. The molecule has 0 unspecified atom stereocenters. The van der Waals surface area contributed by atoms with Crippen LogP contribution in [0.3, 0.4) is 0 Å². The van der Waals surface area contributed by atoms with Crippen LogP contribution < -0.4 is 0 Å². The lowest BCUT2D eigenvalue weighted by Gasteiger charge is -2.18. The summed E-state index contributed by atoms with van der Waals surface area (Å²) in [5.41, 5.74) is 11.6. The van der Waals surface area contributed by atoms with Gasteiger partial charge in [0, 0.05) is 38.2 Å². The second-order valence-electron chi connectivity index (χ2n) is 15.0. The molecule has 2 heterocycles. The molecule has 12 aromatic rings. The maximum absolute atomic E-state index is 5.23. The average molecular weight is 723 g/mol. The van der Waals surface area contributed by atoms with Gasteiger partial charge in [0.15, 0.2) is 0 Å². The number of hydrogen-bond acceptors (Lipinski definition) is 1. The number of benzene rings is 10. The van der Waals surface area contributed by atoms with Crippen LogP contribution in [-0.4, -0.2) is 9.55 Å². The van der Waals surface area contributed by atoms with Crippen LogP contribution in [-0.2, 0) is 0 Å². The third-order valence-corrected chi connectivity index (χ3v) is 11.9. The largest absolute Gasteiger partial charge is 0.309 e. The number of fused-ring (bicyclic) bond motifs is 10. The Hall–Kier alpha value is -7.55. The van der Waals surface area contributed by atoms with Gasteiger partial charge in [-0.05, 0) is 91.0 Å². The van der Waals surface area contributed by atoms with Crippen molar-refractivity contribution in [3.8, 4) is 39.2 Å². The van der Waals surface area contributed by atoms with E-state index >= 15 is 0 Å². The second-order valence-corrected chi connectivity index (χ2v) is 15.0. The second kappa shape index (κ2) is 12.5. The van der Waals surface area contributed by atoms with E-state index in [0.717, 1.165) is 27.8 Å². The summed E-state index contributed by atoms with van der Waals surface area (Å²) in [6.07, 6.45) is 0. The molecule has 12 rings (SSSR count). The van der Waals surface area contributed by atoms with Crippen molar-refractivity contribution < 1.29 is 0 Å². The molecule has 0 amide bonds. The molecule has 0 fully saturated rings. The van der Waals surface area contributed by atoms with Crippen molar-refractivity contribution in [3.05, 3.63) is 206 Å². The zero-order chi connectivity index (χ0) is 37.5. The highest BCUT2D eigenvalue weighted by molar-refractivity contribution is 6.29. The van der Waals surface area contributed by atoms with E-state index in [2.05, 4.69) is 211 Å². The molecule has 264 valence electrons. The van der Waals surface area contributed by atoms with Crippen molar-refractivity contribution in [1.82, 2.24) is 9.55 Å². The molecule has 0 aliphatic carbocycles. The third-order valence-electron chi connectivity index (χ3n) is 11.9. The van der Waals surface area contributed by atoms with E-state index in [-0.39, 0.29) is 0 Å². The fraction of sp³-hybridized carbons (Fsp3) is 0. The van der Waals surface area contributed by atoms with E-state index < -0.39 is 0 Å². The molecule has 2 aromatic heterocycles. The molecular formula is C55H34N2. The van der Waals surface area contributed by atoms with Crippen LogP contribution in [0.25, 0.3) is 115 Å². The third kappa shape index (κ3) is 4.81. The van der Waals surface area contributed by atoms with E-state index in [1.807, 2.05) is 0 Å². The molecule has 0 N–H and O–H groups in total. The quantitative estimate of drug-likeness (QED) is 0.131. The van der Waals surface area contributed by atoms with Crippen molar-refractivity contribution in [1.29, 1.82) is 0 Å². The Labute approximate surface area is 329 Å². The van der Waals surface area contributed by atoms with Gasteiger partial charge in [-0.15, -0.1) is 0 Å². The summed E-state index contributed by atoms with van der Waals surface area (Å²) >= 11 is 0. The molecule has 57 heavy (non-hydrogen) atoms. The highest BCUT2D eigenvalue weighted by atomic mass is 15.0. The molecule has 0 aliphatic rings. The molecule has 0 atom stereocenters. The zero-order valence-electron chi connectivity index (χ0n) is 31.0. The van der Waals surface area contributed by atoms with Crippen LogP contribution in [0.15, 0.2) is 206 Å². The molecule has 2 nitrogen and oxygen atoms in total. The summed E-state index contributed by atoms with van der Waals surface area (Å²) in [4.78, 5) is 5.23. The van der Waals surface area contributed by atoms with Crippen LogP contribution in [0.4, 0.5) is 0 Å². The number of pyridine rings is 1. The van der Waals surface area contributed by atoms with Gasteiger partial charge in [-0.1, -0.05) is 170 Å². The van der Waals surface area contributed by atoms with Crippen molar-refractivity contribution in [2.75, 3.05) is 0 Å². The van der Waals surface area contributed by atoms with Crippen LogP contribution in [0.2, 0.25) is 0 Å². The van der Waals surface area contributed by atoms with Gasteiger partial charge in [-0.25, -0.2) is 4.98 Å². The Kier molecular flexibility index (Phi) is 6.96. The van der Waals surface area contributed by atoms with Crippen molar-refractivity contribution in [2.45, 2.75) is 0 Å². The van der Waals surface area contributed by atoms with E-state index in [0.29, 0.717) is 0 Å². The average Bonchev–Trinajstić information content (AvgIpc) is 3.62. The number of rotatable bonds is 4. The monoisotopic (exact) mass is 722 g/mol. The van der Waals surface area contributed by atoms with E-state index in [9.17, 15) is 0 Å². The predicted molar refractivity (Wildman–Crippen MR) is 242 cm³/mol. The Morgan fingerprint density at radius 3 is 1.60 bits per heavy atom.